The predicted octanol–water partition coefficient (Wildman–Crippen LogP) is 1.08. The van der Waals surface area contributed by atoms with Gasteiger partial charge in [-0.3, -0.25) is 19.4 Å². The van der Waals surface area contributed by atoms with Gasteiger partial charge in [0, 0.05) is 24.4 Å². The Morgan fingerprint density at radius 3 is 2.58 bits per heavy atom. The van der Waals surface area contributed by atoms with Gasteiger partial charge in [0.1, 0.15) is 0 Å². The van der Waals surface area contributed by atoms with Crippen molar-refractivity contribution in [1.29, 1.82) is 0 Å². The van der Waals surface area contributed by atoms with E-state index in [9.17, 15) is 14.4 Å². The van der Waals surface area contributed by atoms with E-state index in [4.69, 9.17) is 12.2 Å². The van der Waals surface area contributed by atoms with Gasteiger partial charge in [-0.25, -0.2) is 5.43 Å². The Labute approximate surface area is 142 Å². The molecule has 0 atom stereocenters. The van der Waals surface area contributed by atoms with Gasteiger partial charge in [-0.1, -0.05) is 12.1 Å². The fourth-order valence-electron chi connectivity index (χ4n) is 1.86. The van der Waals surface area contributed by atoms with Gasteiger partial charge in [0.2, 0.25) is 11.8 Å². The van der Waals surface area contributed by atoms with Crippen LogP contribution >= 0.6 is 12.2 Å². The zero-order valence-corrected chi connectivity index (χ0v) is 13.6. The Kier molecular flexibility index (Phi) is 5.74. The average Bonchev–Trinajstić information content (AvgIpc) is 2.47. The van der Waals surface area contributed by atoms with Crippen LogP contribution in [0.1, 0.15) is 18.2 Å². The van der Waals surface area contributed by atoms with Gasteiger partial charge in [-0.2, -0.15) is 5.10 Å². The Morgan fingerprint density at radius 2 is 1.96 bits per heavy atom. The van der Waals surface area contributed by atoms with Gasteiger partial charge in [-0.15, -0.1) is 0 Å². The van der Waals surface area contributed by atoms with Gasteiger partial charge in [-0.05, 0) is 29.9 Å². The number of carbonyl (C=O) groups is 2. The predicted molar refractivity (Wildman–Crippen MR) is 92.4 cm³/mol. The van der Waals surface area contributed by atoms with Crippen molar-refractivity contribution in [2.24, 2.45) is 5.10 Å². The molecule has 0 saturated carbocycles. The fourth-order valence-corrected chi connectivity index (χ4v) is 2.09. The van der Waals surface area contributed by atoms with Crippen LogP contribution in [0, 0.1) is 4.77 Å². The van der Waals surface area contributed by atoms with Crippen LogP contribution in [-0.4, -0.2) is 28.0 Å². The summed E-state index contributed by atoms with van der Waals surface area (Å²) < 4.78 is 0.160. The highest BCUT2D eigenvalue weighted by molar-refractivity contribution is 7.71. The second-order valence-corrected chi connectivity index (χ2v) is 5.29. The van der Waals surface area contributed by atoms with Crippen LogP contribution in [0.5, 0.6) is 0 Å². The molecule has 0 unspecified atom stereocenters. The van der Waals surface area contributed by atoms with Crippen molar-refractivity contribution in [3.05, 3.63) is 56.7 Å². The maximum absolute atomic E-state index is 11.8. The normalized spacial score (nSPS) is 10.5. The SMILES string of the molecule is CC(=O)Nc1ccc(/C=N\NC(=O)Cc2cc(=O)[nH]c(=S)[nH]2)cc1. The minimum atomic E-state index is -0.391. The molecule has 0 fully saturated rings. The molecule has 0 saturated heterocycles. The molecule has 9 heteroatoms. The van der Waals surface area contributed by atoms with Gasteiger partial charge in [0.25, 0.3) is 5.56 Å². The highest BCUT2D eigenvalue weighted by Crippen LogP contribution is 2.07. The van der Waals surface area contributed by atoms with Crippen LogP contribution in [0.3, 0.4) is 0 Å². The summed E-state index contributed by atoms with van der Waals surface area (Å²) in [5.41, 5.74) is 3.81. The molecule has 4 N–H and O–H groups in total. The number of benzene rings is 1. The first-order valence-electron chi connectivity index (χ1n) is 6.94. The summed E-state index contributed by atoms with van der Waals surface area (Å²) in [4.78, 5) is 39.0. The molecule has 8 nitrogen and oxygen atoms in total. The van der Waals surface area contributed by atoms with Crippen molar-refractivity contribution in [3.8, 4) is 0 Å². The molecule has 2 aromatic rings. The maximum Gasteiger partial charge on any atom is 0.251 e. The Bertz CT molecular complexity index is 855. The van der Waals surface area contributed by atoms with E-state index in [2.05, 4.69) is 25.8 Å². The van der Waals surface area contributed by atoms with Crippen molar-refractivity contribution in [2.75, 3.05) is 5.32 Å². The summed E-state index contributed by atoms with van der Waals surface area (Å²) in [6.45, 7) is 1.43. The summed E-state index contributed by atoms with van der Waals surface area (Å²) in [6, 6.07) is 8.20. The zero-order valence-electron chi connectivity index (χ0n) is 12.8. The summed E-state index contributed by atoms with van der Waals surface area (Å²) >= 11 is 4.83. The number of anilines is 1. The minimum Gasteiger partial charge on any atom is -0.335 e. The quantitative estimate of drug-likeness (QED) is 0.368. The Hall–Kier alpha value is -3.07. The molecule has 0 spiro atoms. The van der Waals surface area contributed by atoms with E-state index in [0.717, 1.165) is 5.56 Å². The van der Waals surface area contributed by atoms with E-state index in [1.807, 2.05) is 0 Å². The topological polar surface area (TPSA) is 119 Å². The van der Waals surface area contributed by atoms with Gasteiger partial charge in [0.15, 0.2) is 4.77 Å². The number of hydrogen-bond acceptors (Lipinski definition) is 5. The van der Waals surface area contributed by atoms with E-state index < -0.39 is 5.91 Å². The van der Waals surface area contributed by atoms with Crippen molar-refractivity contribution < 1.29 is 9.59 Å². The lowest BCUT2D eigenvalue weighted by molar-refractivity contribution is -0.120. The van der Waals surface area contributed by atoms with Crippen LogP contribution < -0.4 is 16.3 Å². The monoisotopic (exact) mass is 345 g/mol. The van der Waals surface area contributed by atoms with Gasteiger partial charge >= 0.3 is 0 Å². The number of nitrogens with zero attached hydrogens (tertiary/aromatic N) is 1. The number of amides is 2. The van der Waals surface area contributed by atoms with Crippen LogP contribution in [-0.2, 0) is 16.0 Å². The molecule has 124 valence electrons. The average molecular weight is 345 g/mol. The third kappa shape index (κ3) is 5.61. The molecule has 1 aromatic heterocycles. The zero-order chi connectivity index (χ0) is 17.5. The van der Waals surface area contributed by atoms with E-state index in [1.54, 1.807) is 24.3 Å². The first-order chi connectivity index (χ1) is 11.4. The Balaban J connectivity index is 1.91. The first kappa shape index (κ1) is 17.3. The molecule has 1 aromatic carbocycles. The number of carbonyl (C=O) groups excluding carboxylic acids is 2. The lowest BCUT2D eigenvalue weighted by atomic mass is 10.2. The molecular weight excluding hydrogens is 330 g/mol. The third-order valence-electron chi connectivity index (χ3n) is 2.80. The molecule has 0 radical (unpaired) electrons. The van der Waals surface area contributed by atoms with Crippen LogP contribution in [0.15, 0.2) is 40.2 Å². The maximum atomic E-state index is 11.8. The fraction of sp³-hybridized carbons (Fsp3) is 0.133. The Morgan fingerprint density at radius 1 is 1.25 bits per heavy atom. The molecule has 0 bridgehead atoms. The second kappa shape index (κ2) is 7.97. The summed E-state index contributed by atoms with van der Waals surface area (Å²) in [7, 11) is 0. The van der Waals surface area contributed by atoms with E-state index in [0.29, 0.717) is 11.4 Å². The molecule has 0 aliphatic rings. The van der Waals surface area contributed by atoms with Gasteiger partial charge < -0.3 is 10.3 Å². The van der Waals surface area contributed by atoms with E-state index in [1.165, 1.54) is 19.2 Å². The third-order valence-corrected chi connectivity index (χ3v) is 3.01. The lowest BCUT2D eigenvalue weighted by Crippen LogP contribution is -2.21. The highest BCUT2D eigenvalue weighted by Gasteiger charge is 2.03. The van der Waals surface area contributed by atoms with Crippen molar-refractivity contribution >= 4 is 35.9 Å². The lowest BCUT2D eigenvalue weighted by Gasteiger charge is -2.02. The molecule has 24 heavy (non-hydrogen) atoms. The minimum absolute atomic E-state index is 0.0492. The molecule has 0 aliphatic heterocycles. The van der Waals surface area contributed by atoms with Crippen molar-refractivity contribution in [3.63, 3.8) is 0 Å². The molecule has 2 amide bonds. The number of H-pyrrole nitrogens is 2. The number of hydrazone groups is 1. The van der Waals surface area contributed by atoms with Crippen LogP contribution in [0.25, 0.3) is 0 Å². The van der Waals surface area contributed by atoms with E-state index in [-0.39, 0.29) is 22.7 Å². The molecule has 2 rings (SSSR count). The molecule has 1 heterocycles. The summed E-state index contributed by atoms with van der Waals surface area (Å²) in [6.07, 6.45) is 1.42. The smallest absolute Gasteiger partial charge is 0.251 e. The number of hydrogen-bond donors (Lipinski definition) is 4. The molecular formula is C15H15N5O3S. The van der Waals surface area contributed by atoms with E-state index >= 15 is 0 Å². The van der Waals surface area contributed by atoms with Gasteiger partial charge in [0.05, 0.1) is 12.6 Å². The summed E-state index contributed by atoms with van der Waals surface area (Å²) in [5, 5.41) is 6.48. The number of rotatable bonds is 5. The largest absolute Gasteiger partial charge is 0.335 e. The number of aromatic amines is 2. The van der Waals surface area contributed by atoms with Crippen molar-refractivity contribution in [2.45, 2.75) is 13.3 Å². The molecule has 0 aliphatic carbocycles. The highest BCUT2D eigenvalue weighted by atomic mass is 32.1. The second-order valence-electron chi connectivity index (χ2n) is 4.89. The number of nitrogens with one attached hydrogen (secondary N) is 4. The standard InChI is InChI=1S/C15H15N5O3S/c1-9(21)17-11-4-2-10(3-5-11)8-16-20-14(23)7-12-6-13(22)19-15(24)18-12/h2-6,8H,7H2,1H3,(H,17,21)(H,20,23)(H2,18,19,22,24)/b16-8-. The van der Waals surface area contributed by atoms with Crippen molar-refractivity contribution in [1.82, 2.24) is 15.4 Å². The first-order valence-corrected chi connectivity index (χ1v) is 7.35. The van der Waals surface area contributed by atoms with Crippen LogP contribution in [0.4, 0.5) is 5.69 Å². The van der Waals surface area contributed by atoms with Crippen LogP contribution in [0.2, 0.25) is 0 Å². The number of aromatic nitrogens is 2. The summed E-state index contributed by atoms with van der Waals surface area (Å²) in [5.74, 6) is -0.542.